The summed E-state index contributed by atoms with van der Waals surface area (Å²) >= 11 is 0. The van der Waals surface area contributed by atoms with Gasteiger partial charge < -0.3 is 10.0 Å². The zero-order valence-corrected chi connectivity index (χ0v) is 9.97. The number of hydrogen-bond acceptors (Lipinski definition) is 2. The molecule has 1 aromatic carbocycles. The molecule has 0 aromatic heterocycles. The summed E-state index contributed by atoms with van der Waals surface area (Å²) in [6.07, 6.45) is 1.18. The van der Waals surface area contributed by atoms with E-state index in [-0.39, 0.29) is 0 Å². The summed E-state index contributed by atoms with van der Waals surface area (Å²) in [5.41, 5.74) is 1.44. The molecule has 1 aliphatic heterocycles. The number of nitrogens with zero attached hydrogens (tertiary/aromatic N) is 1. The Bertz CT molecular complexity index is 306. The Balaban J connectivity index is 1.87. The van der Waals surface area contributed by atoms with Crippen LogP contribution in [0.2, 0.25) is 0 Å². The van der Waals surface area contributed by atoms with Crippen LogP contribution in [0.4, 0.5) is 0 Å². The van der Waals surface area contributed by atoms with E-state index < -0.39 is 0 Å². The molecular formula is C14H21NO. The van der Waals surface area contributed by atoms with Crippen LogP contribution in [0.25, 0.3) is 0 Å². The highest BCUT2D eigenvalue weighted by Crippen LogP contribution is 2.24. The molecule has 0 spiro atoms. The Morgan fingerprint density at radius 1 is 1.31 bits per heavy atom. The largest absolute Gasteiger partial charge is 0.396 e. The van der Waals surface area contributed by atoms with Crippen LogP contribution in [0.1, 0.15) is 24.8 Å². The third kappa shape index (κ3) is 2.63. The van der Waals surface area contributed by atoms with Gasteiger partial charge in [-0.2, -0.15) is 0 Å². The molecule has 1 fully saturated rings. The van der Waals surface area contributed by atoms with E-state index in [0.717, 1.165) is 19.6 Å². The van der Waals surface area contributed by atoms with Gasteiger partial charge in [0.15, 0.2) is 0 Å². The molecule has 0 saturated carbocycles. The Labute approximate surface area is 97.9 Å². The lowest BCUT2D eigenvalue weighted by molar-refractivity contribution is 0.0487. The molecule has 0 bridgehead atoms. The number of likely N-dealkylation sites (tertiary alicyclic amines) is 1. The molecule has 88 valence electrons. The molecule has 1 atom stereocenters. The summed E-state index contributed by atoms with van der Waals surface area (Å²) in [7, 11) is 0. The van der Waals surface area contributed by atoms with Crippen LogP contribution in [0, 0.1) is 5.92 Å². The lowest BCUT2D eigenvalue weighted by Crippen LogP contribution is -2.49. The van der Waals surface area contributed by atoms with Gasteiger partial charge in [0.2, 0.25) is 0 Å². The second-order valence-corrected chi connectivity index (χ2v) is 4.78. The maximum atomic E-state index is 8.99. The van der Waals surface area contributed by atoms with Gasteiger partial charge in [-0.25, -0.2) is 0 Å². The van der Waals surface area contributed by atoms with E-state index in [1.54, 1.807) is 0 Å². The fraction of sp³-hybridized carbons (Fsp3) is 0.571. The zero-order chi connectivity index (χ0) is 11.4. The third-order valence-corrected chi connectivity index (χ3v) is 3.53. The summed E-state index contributed by atoms with van der Waals surface area (Å²) in [4.78, 5) is 2.45. The van der Waals surface area contributed by atoms with Gasteiger partial charge in [0.1, 0.15) is 0 Å². The van der Waals surface area contributed by atoms with Crippen LogP contribution < -0.4 is 0 Å². The first kappa shape index (κ1) is 11.6. The van der Waals surface area contributed by atoms with E-state index >= 15 is 0 Å². The molecule has 0 radical (unpaired) electrons. The van der Waals surface area contributed by atoms with E-state index in [1.165, 1.54) is 12.0 Å². The summed E-state index contributed by atoms with van der Waals surface area (Å²) in [5.74, 6) is 1.16. The molecule has 16 heavy (non-hydrogen) atoms. The fourth-order valence-electron chi connectivity index (χ4n) is 2.45. The monoisotopic (exact) mass is 219 g/mol. The molecule has 1 unspecified atom stereocenters. The predicted molar refractivity (Wildman–Crippen MR) is 66.5 cm³/mol. The van der Waals surface area contributed by atoms with Crippen molar-refractivity contribution in [3.05, 3.63) is 35.9 Å². The Morgan fingerprint density at radius 2 is 2.00 bits per heavy atom. The van der Waals surface area contributed by atoms with Crippen molar-refractivity contribution in [1.29, 1.82) is 0 Å². The van der Waals surface area contributed by atoms with Gasteiger partial charge in [-0.3, -0.25) is 0 Å². The first-order chi connectivity index (χ1) is 7.83. The van der Waals surface area contributed by atoms with E-state index in [9.17, 15) is 0 Å². The van der Waals surface area contributed by atoms with Crippen LogP contribution in [-0.4, -0.2) is 36.2 Å². The molecule has 1 saturated heterocycles. The van der Waals surface area contributed by atoms with E-state index in [1.807, 2.05) is 0 Å². The van der Waals surface area contributed by atoms with Gasteiger partial charge >= 0.3 is 0 Å². The summed E-state index contributed by atoms with van der Waals surface area (Å²) < 4.78 is 0. The maximum Gasteiger partial charge on any atom is 0.0483 e. The Hall–Kier alpha value is -0.860. The van der Waals surface area contributed by atoms with Gasteiger partial charge in [0.25, 0.3) is 0 Å². The zero-order valence-electron chi connectivity index (χ0n) is 9.97. The molecule has 1 aliphatic rings. The van der Waals surface area contributed by atoms with Crippen LogP contribution in [0.5, 0.6) is 0 Å². The molecule has 1 heterocycles. The van der Waals surface area contributed by atoms with Crippen molar-refractivity contribution in [2.24, 2.45) is 5.92 Å². The van der Waals surface area contributed by atoms with Crippen LogP contribution in [0.15, 0.2) is 30.3 Å². The van der Waals surface area contributed by atoms with Crippen molar-refractivity contribution in [2.75, 3.05) is 26.2 Å². The van der Waals surface area contributed by atoms with Gasteiger partial charge in [-0.15, -0.1) is 0 Å². The predicted octanol–water partition coefficient (Wildman–Crippen LogP) is 2.10. The topological polar surface area (TPSA) is 23.5 Å². The van der Waals surface area contributed by atoms with Gasteiger partial charge in [0.05, 0.1) is 0 Å². The first-order valence-electron chi connectivity index (χ1n) is 6.21. The molecule has 0 amide bonds. The Morgan fingerprint density at radius 3 is 2.56 bits per heavy atom. The molecule has 1 N–H and O–H groups in total. The number of benzene rings is 1. The molecule has 1 aromatic rings. The highest BCUT2D eigenvalue weighted by molar-refractivity contribution is 5.19. The van der Waals surface area contributed by atoms with Crippen molar-refractivity contribution in [3.63, 3.8) is 0 Å². The number of rotatable bonds is 5. The normalized spacial score (nSPS) is 19.4. The molecule has 2 heteroatoms. The van der Waals surface area contributed by atoms with E-state index in [2.05, 4.69) is 42.2 Å². The minimum Gasteiger partial charge on any atom is -0.396 e. The fourth-order valence-corrected chi connectivity index (χ4v) is 2.45. The molecule has 2 rings (SSSR count). The number of hydrogen-bond donors (Lipinski definition) is 1. The SMILES string of the molecule is CCC(CN1CC(CO)C1)c1ccccc1. The maximum absolute atomic E-state index is 8.99. The average molecular weight is 219 g/mol. The second kappa shape index (κ2) is 5.46. The number of aliphatic hydroxyl groups excluding tert-OH is 1. The first-order valence-corrected chi connectivity index (χ1v) is 6.21. The Kier molecular flexibility index (Phi) is 3.97. The van der Waals surface area contributed by atoms with Crippen molar-refractivity contribution < 1.29 is 5.11 Å². The molecule has 2 nitrogen and oxygen atoms in total. The van der Waals surface area contributed by atoms with Gasteiger partial charge in [-0.05, 0) is 17.9 Å². The lowest BCUT2D eigenvalue weighted by atomic mass is 9.92. The second-order valence-electron chi connectivity index (χ2n) is 4.78. The van der Waals surface area contributed by atoms with E-state index in [4.69, 9.17) is 5.11 Å². The summed E-state index contributed by atoms with van der Waals surface area (Å²) in [6, 6.07) is 10.7. The van der Waals surface area contributed by atoms with Gasteiger partial charge in [0, 0.05) is 32.2 Å². The lowest BCUT2D eigenvalue weighted by Gasteiger charge is -2.40. The van der Waals surface area contributed by atoms with Crippen molar-refractivity contribution >= 4 is 0 Å². The smallest absolute Gasteiger partial charge is 0.0483 e. The minimum atomic E-state index is 0.346. The summed E-state index contributed by atoms with van der Waals surface area (Å²) in [6.45, 7) is 5.87. The van der Waals surface area contributed by atoms with E-state index in [0.29, 0.717) is 18.4 Å². The quantitative estimate of drug-likeness (QED) is 0.820. The van der Waals surface area contributed by atoms with Crippen molar-refractivity contribution in [3.8, 4) is 0 Å². The highest BCUT2D eigenvalue weighted by atomic mass is 16.3. The molecular weight excluding hydrogens is 198 g/mol. The minimum absolute atomic E-state index is 0.346. The van der Waals surface area contributed by atoms with Crippen LogP contribution in [-0.2, 0) is 0 Å². The summed E-state index contributed by atoms with van der Waals surface area (Å²) in [5, 5.41) is 8.99. The third-order valence-electron chi connectivity index (χ3n) is 3.53. The van der Waals surface area contributed by atoms with Gasteiger partial charge in [-0.1, -0.05) is 37.3 Å². The van der Waals surface area contributed by atoms with Crippen LogP contribution >= 0.6 is 0 Å². The van der Waals surface area contributed by atoms with Crippen LogP contribution in [0.3, 0.4) is 0 Å². The molecule has 0 aliphatic carbocycles. The standard InChI is InChI=1S/C14H21NO/c1-2-13(14-6-4-3-5-7-14)10-15-8-12(9-15)11-16/h3-7,12-13,16H,2,8-11H2,1H3. The average Bonchev–Trinajstić information content (AvgIpc) is 2.29. The van der Waals surface area contributed by atoms with Crippen molar-refractivity contribution in [1.82, 2.24) is 4.90 Å². The van der Waals surface area contributed by atoms with Crippen molar-refractivity contribution in [2.45, 2.75) is 19.3 Å². The highest BCUT2D eigenvalue weighted by Gasteiger charge is 2.27. The number of aliphatic hydroxyl groups is 1.